The number of rotatable bonds is 3. The van der Waals surface area contributed by atoms with Gasteiger partial charge in [-0.05, 0) is 37.0 Å². The summed E-state index contributed by atoms with van der Waals surface area (Å²) in [5.41, 5.74) is 1.32. The Hall–Kier alpha value is -2.67. The summed E-state index contributed by atoms with van der Waals surface area (Å²) in [7, 11) is 0. The van der Waals surface area contributed by atoms with E-state index < -0.39 is 6.10 Å². The third-order valence-corrected chi connectivity index (χ3v) is 4.91. The summed E-state index contributed by atoms with van der Waals surface area (Å²) in [6, 6.07) is 5.34. The molecular weight excluding hydrogens is 320 g/mol. The quantitative estimate of drug-likeness (QED) is 0.890. The van der Waals surface area contributed by atoms with E-state index >= 15 is 0 Å². The van der Waals surface area contributed by atoms with E-state index in [0.29, 0.717) is 36.7 Å². The second-order valence-corrected chi connectivity index (χ2v) is 6.53. The Balaban J connectivity index is 1.37. The Labute approximate surface area is 145 Å². The first-order valence-corrected chi connectivity index (χ1v) is 8.49. The van der Waals surface area contributed by atoms with E-state index in [1.54, 1.807) is 43.0 Å². The van der Waals surface area contributed by atoms with Gasteiger partial charge in [0.2, 0.25) is 0 Å². The van der Waals surface area contributed by atoms with Crippen molar-refractivity contribution in [1.82, 2.24) is 14.9 Å². The monoisotopic (exact) mass is 340 g/mol. The summed E-state index contributed by atoms with van der Waals surface area (Å²) in [5.74, 6) is 0.178. The second-order valence-electron chi connectivity index (χ2n) is 6.53. The summed E-state index contributed by atoms with van der Waals surface area (Å²) in [6.07, 6.45) is 7.71. The van der Waals surface area contributed by atoms with Crippen LogP contribution in [0.3, 0.4) is 0 Å². The van der Waals surface area contributed by atoms with Gasteiger partial charge in [0.1, 0.15) is 6.10 Å². The van der Waals surface area contributed by atoms with Gasteiger partial charge in [0.25, 0.3) is 11.8 Å². The molecule has 2 aromatic rings. The lowest BCUT2D eigenvalue weighted by molar-refractivity contribution is -0.127. The molecule has 2 fully saturated rings. The molecule has 4 rings (SSSR count). The molecule has 0 bridgehead atoms. The van der Waals surface area contributed by atoms with Crippen LogP contribution in [0.2, 0.25) is 0 Å². The van der Waals surface area contributed by atoms with E-state index in [1.165, 1.54) is 0 Å². The molecule has 2 saturated heterocycles. The van der Waals surface area contributed by atoms with Crippen molar-refractivity contribution < 1.29 is 14.3 Å². The van der Waals surface area contributed by atoms with Crippen molar-refractivity contribution in [3.05, 3.63) is 48.5 Å². The summed E-state index contributed by atoms with van der Waals surface area (Å²) in [5, 5.41) is 2.84. The number of aromatic amines is 1. The third-order valence-electron chi connectivity index (χ3n) is 4.91. The Morgan fingerprint density at radius 3 is 3.04 bits per heavy atom. The first-order valence-electron chi connectivity index (χ1n) is 8.49. The van der Waals surface area contributed by atoms with Gasteiger partial charge in [-0.15, -0.1) is 0 Å². The minimum absolute atomic E-state index is 0.00608. The van der Waals surface area contributed by atoms with E-state index in [4.69, 9.17) is 4.74 Å². The predicted octanol–water partition coefficient (Wildman–Crippen LogP) is 1.67. The number of carbonyl (C=O) groups excluding carboxylic acids is 2. The van der Waals surface area contributed by atoms with Crippen LogP contribution in [-0.2, 0) is 9.53 Å². The predicted molar refractivity (Wildman–Crippen MR) is 90.9 cm³/mol. The Morgan fingerprint density at radius 1 is 1.36 bits per heavy atom. The zero-order chi connectivity index (χ0) is 17.2. The van der Waals surface area contributed by atoms with Gasteiger partial charge >= 0.3 is 0 Å². The standard InChI is InChI=1S/C18H20N4O3/c23-17(21-14-2-1-5-19-10-14)15-8-12-4-7-22(11-16(12)25-15)18(24)13-3-6-20-9-13/h1-3,5-6,9-10,12,15-16,20H,4,7-8,11H2,(H,21,23)/t12-,15+,16-/m0/s1. The van der Waals surface area contributed by atoms with Crippen LogP contribution >= 0.6 is 0 Å². The molecule has 2 amide bonds. The van der Waals surface area contributed by atoms with E-state index in [0.717, 1.165) is 6.42 Å². The fraction of sp³-hybridized carbons (Fsp3) is 0.389. The topological polar surface area (TPSA) is 87.3 Å². The molecule has 2 aliphatic rings. The number of piperidine rings is 1. The first kappa shape index (κ1) is 15.8. The summed E-state index contributed by atoms with van der Waals surface area (Å²) in [6.45, 7) is 1.23. The van der Waals surface area contributed by atoms with E-state index in [9.17, 15) is 9.59 Å². The molecule has 7 nitrogen and oxygen atoms in total. The van der Waals surface area contributed by atoms with Crippen molar-refractivity contribution in [3.63, 3.8) is 0 Å². The fourth-order valence-electron chi connectivity index (χ4n) is 3.58. The molecule has 0 unspecified atom stereocenters. The number of amides is 2. The van der Waals surface area contributed by atoms with Gasteiger partial charge in [0.15, 0.2) is 0 Å². The summed E-state index contributed by atoms with van der Waals surface area (Å²) in [4.78, 5) is 33.6. The van der Waals surface area contributed by atoms with Gasteiger partial charge in [0.05, 0.1) is 23.6 Å². The minimum Gasteiger partial charge on any atom is -0.367 e. The van der Waals surface area contributed by atoms with Gasteiger partial charge in [-0.3, -0.25) is 14.6 Å². The molecule has 0 aliphatic carbocycles. The van der Waals surface area contributed by atoms with Crippen LogP contribution in [0.25, 0.3) is 0 Å². The van der Waals surface area contributed by atoms with Crippen LogP contribution in [0, 0.1) is 5.92 Å². The maximum atomic E-state index is 12.5. The SMILES string of the molecule is O=C(Nc1cccnc1)[C@H]1C[C@@H]2CCN(C(=O)c3cc[nH]c3)C[C@@H]2O1. The lowest BCUT2D eigenvalue weighted by Gasteiger charge is -2.33. The highest BCUT2D eigenvalue weighted by molar-refractivity contribution is 5.95. The molecule has 25 heavy (non-hydrogen) atoms. The van der Waals surface area contributed by atoms with Gasteiger partial charge in [-0.25, -0.2) is 0 Å². The zero-order valence-electron chi connectivity index (χ0n) is 13.7. The Bertz CT molecular complexity index is 747. The number of H-pyrrole nitrogens is 1. The molecule has 0 radical (unpaired) electrons. The molecule has 2 aromatic heterocycles. The maximum Gasteiger partial charge on any atom is 0.255 e. The summed E-state index contributed by atoms with van der Waals surface area (Å²) >= 11 is 0. The van der Waals surface area contributed by atoms with Crippen molar-refractivity contribution in [3.8, 4) is 0 Å². The van der Waals surface area contributed by atoms with E-state index in [-0.39, 0.29) is 17.9 Å². The van der Waals surface area contributed by atoms with Crippen molar-refractivity contribution in [2.24, 2.45) is 5.92 Å². The highest BCUT2D eigenvalue weighted by Crippen LogP contribution is 2.34. The van der Waals surface area contributed by atoms with Crippen molar-refractivity contribution >= 4 is 17.5 Å². The number of hydrogen-bond donors (Lipinski definition) is 2. The molecule has 0 spiro atoms. The molecule has 3 atom stereocenters. The van der Waals surface area contributed by atoms with Gasteiger partial charge in [-0.1, -0.05) is 0 Å². The number of carbonyl (C=O) groups is 2. The zero-order valence-corrected chi connectivity index (χ0v) is 13.7. The van der Waals surface area contributed by atoms with Crippen LogP contribution in [0.1, 0.15) is 23.2 Å². The van der Waals surface area contributed by atoms with E-state index in [2.05, 4.69) is 15.3 Å². The molecule has 0 saturated carbocycles. The average molecular weight is 340 g/mol. The van der Waals surface area contributed by atoms with Crippen LogP contribution in [0.15, 0.2) is 43.0 Å². The maximum absolute atomic E-state index is 12.5. The number of nitrogens with zero attached hydrogens (tertiary/aromatic N) is 2. The van der Waals surface area contributed by atoms with Gasteiger partial charge in [-0.2, -0.15) is 0 Å². The minimum atomic E-state index is -0.475. The van der Waals surface area contributed by atoms with Gasteiger partial charge < -0.3 is 19.9 Å². The largest absolute Gasteiger partial charge is 0.367 e. The molecule has 130 valence electrons. The number of ether oxygens (including phenoxy) is 1. The number of fused-ring (bicyclic) bond motifs is 1. The molecule has 4 heterocycles. The highest BCUT2D eigenvalue weighted by atomic mass is 16.5. The number of hydrogen-bond acceptors (Lipinski definition) is 4. The van der Waals surface area contributed by atoms with Crippen molar-refractivity contribution in [2.75, 3.05) is 18.4 Å². The molecular formula is C18H20N4O3. The third kappa shape index (κ3) is 3.28. The molecule has 2 N–H and O–H groups in total. The summed E-state index contributed by atoms with van der Waals surface area (Å²) < 4.78 is 5.96. The van der Waals surface area contributed by atoms with Crippen LogP contribution in [0.4, 0.5) is 5.69 Å². The average Bonchev–Trinajstić information content (AvgIpc) is 3.31. The number of pyridine rings is 1. The second kappa shape index (κ2) is 6.68. The number of aromatic nitrogens is 2. The highest BCUT2D eigenvalue weighted by Gasteiger charge is 2.42. The normalized spacial score (nSPS) is 25.4. The van der Waals surface area contributed by atoms with E-state index in [1.807, 2.05) is 4.90 Å². The number of anilines is 1. The smallest absolute Gasteiger partial charge is 0.255 e. The number of nitrogens with one attached hydrogen (secondary N) is 2. The Morgan fingerprint density at radius 2 is 2.28 bits per heavy atom. The first-order chi connectivity index (χ1) is 12.2. The van der Waals surface area contributed by atoms with Crippen molar-refractivity contribution in [2.45, 2.75) is 25.0 Å². The van der Waals surface area contributed by atoms with Crippen LogP contribution in [-0.4, -0.2) is 52.0 Å². The van der Waals surface area contributed by atoms with Crippen molar-refractivity contribution in [1.29, 1.82) is 0 Å². The molecule has 0 aromatic carbocycles. The number of likely N-dealkylation sites (tertiary alicyclic amines) is 1. The molecule has 2 aliphatic heterocycles. The lowest BCUT2D eigenvalue weighted by atomic mass is 9.91. The lowest BCUT2D eigenvalue weighted by Crippen LogP contribution is -2.45. The van der Waals surface area contributed by atoms with Crippen LogP contribution in [0.5, 0.6) is 0 Å². The fourth-order valence-corrected chi connectivity index (χ4v) is 3.58. The Kier molecular flexibility index (Phi) is 4.23. The van der Waals surface area contributed by atoms with Crippen LogP contribution < -0.4 is 5.32 Å². The van der Waals surface area contributed by atoms with Gasteiger partial charge in [0, 0.05) is 31.7 Å². The molecule has 7 heteroatoms.